The van der Waals surface area contributed by atoms with E-state index in [9.17, 15) is 0 Å². The van der Waals surface area contributed by atoms with Crippen molar-refractivity contribution < 1.29 is 0 Å². The summed E-state index contributed by atoms with van der Waals surface area (Å²) in [7, 11) is 0. The van der Waals surface area contributed by atoms with Crippen molar-refractivity contribution in [2.24, 2.45) is 5.73 Å². The SMILES string of the molecule is Cc1cccc(-c2ccccc2C(C)N)c1. The molecule has 0 aliphatic heterocycles. The van der Waals surface area contributed by atoms with Crippen LogP contribution in [0.5, 0.6) is 0 Å². The Morgan fingerprint density at radius 1 is 1.00 bits per heavy atom. The highest BCUT2D eigenvalue weighted by molar-refractivity contribution is 5.68. The van der Waals surface area contributed by atoms with Crippen LogP contribution in [0.3, 0.4) is 0 Å². The van der Waals surface area contributed by atoms with E-state index in [1.54, 1.807) is 0 Å². The molecule has 1 heteroatoms. The van der Waals surface area contributed by atoms with Crippen molar-refractivity contribution in [1.29, 1.82) is 0 Å². The minimum absolute atomic E-state index is 0.0664. The molecule has 2 N–H and O–H groups in total. The van der Waals surface area contributed by atoms with Crippen LogP contribution in [-0.2, 0) is 0 Å². The molecular weight excluding hydrogens is 194 g/mol. The molecule has 1 atom stereocenters. The number of hydrogen-bond acceptors (Lipinski definition) is 1. The zero-order chi connectivity index (χ0) is 11.5. The summed E-state index contributed by atoms with van der Waals surface area (Å²) in [5, 5.41) is 0. The van der Waals surface area contributed by atoms with Crippen LogP contribution in [0.15, 0.2) is 48.5 Å². The van der Waals surface area contributed by atoms with E-state index in [0.717, 1.165) is 0 Å². The summed E-state index contributed by atoms with van der Waals surface area (Å²) >= 11 is 0. The van der Waals surface area contributed by atoms with Gasteiger partial charge in [0, 0.05) is 6.04 Å². The van der Waals surface area contributed by atoms with Crippen molar-refractivity contribution in [2.75, 3.05) is 0 Å². The summed E-state index contributed by atoms with van der Waals surface area (Å²) in [5.41, 5.74) is 10.9. The quantitative estimate of drug-likeness (QED) is 0.805. The average Bonchev–Trinajstić information content (AvgIpc) is 2.29. The normalized spacial score (nSPS) is 12.4. The van der Waals surface area contributed by atoms with Crippen molar-refractivity contribution in [3.8, 4) is 11.1 Å². The van der Waals surface area contributed by atoms with Crippen LogP contribution >= 0.6 is 0 Å². The zero-order valence-electron chi connectivity index (χ0n) is 9.77. The van der Waals surface area contributed by atoms with Gasteiger partial charge in [0.2, 0.25) is 0 Å². The Labute approximate surface area is 96.9 Å². The lowest BCUT2D eigenvalue weighted by Crippen LogP contribution is -2.06. The summed E-state index contributed by atoms with van der Waals surface area (Å²) in [5.74, 6) is 0. The maximum atomic E-state index is 5.99. The Kier molecular flexibility index (Phi) is 3.07. The summed E-state index contributed by atoms with van der Waals surface area (Å²) in [6.07, 6.45) is 0. The first-order valence-electron chi connectivity index (χ1n) is 5.60. The minimum Gasteiger partial charge on any atom is -0.324 e. The molecule has 0 saturated carbocycles. The van der Waals surface area contributed by atoms with Gasteiger partial charge < -0.3 is 5.73 Å². The van der Waals surface area contributed by atoms with Gasteiger partial charge in [-0.1, -0.05) is 54.1 Å². The number of hydrogen-bond donors (Lipinski definition) is 1. The molecule has 82 valence electrons. The van der Waals surface area contributed by atoms with E-state index >= 15 is 0 Å². The van der Waals surface area contributed by atoms with E-state index in [0.29, 0.717) is 0 Å². The van der Waals surface area contributed by atoms with Crippen LogP contribution < -0.4 is 5.73 Å². The molecule has 0 aliphatic carbocycles. The highest BCUT2D eigenvalue weighted by Gasteiger charge is 2.07. The second kappa shape index (κ2) is 4.50. The Morgan fingerprint density at radius 2 is 1.75 bits per heavy atom. The maximum Gasteiger partial charge on any atom is 0.0272 e. The van der Waals surface area contributed by atoms with Gasteiger partial charge >= 0.3 is 0 Å². The summed E-state index contributed by atoms with van der Waals surface area (Å²) in [6.45, 7) is 4.13. The Morgan fingerprint density at radius 3 is 2.44 bits per heavy atom. The molecular formula is C15H17N. The van der Waals surface area contributed by atoms with Crippen LogP contribution in [0.2, 0.25) is 0 Å². The number of rotatable bonds is 2. The van der Waals surface area contributed by atoms with Gasteiger partial charge in [0.1, 0.15) is 0 Å². The fourth-order valence-electron chi connectivity index (χ4n) is 1.97. The van der Waals surface area contributed by atoms with Crippen molar-refractivity contribution in [2.45, 2.75) is 19.9 Å². The van der Waals surface area contributed by atoms with Crippen LogP contribution in [0.4, 0.5) is 0 Å². The average molecular weight is 211 g/mol. The Hall–Kier alpha value is -1.60. The number of benzene rings is 2. The van der Waals surface area contributed by atoms with Crippen LogP contribution in [0, 0.1) is 6.92 Å². The van der Waals surface area contributed by atoms with E-state index in [4.69, 9.17) is 5.73 Å². The molecule has 2 aromatic carbocycles. The molecule has 0 radical (unpaired) electrons. The lowest BCUT2D eigenvalue weighted by atomic mass is 9.95. The fraction of sp³-hybridized carbons (Fsp3) is 0.200. The lowest BCUT2D eigenvalue weighted by Gasteiger charge is -2.13. The fourth-order valence-corrected chi connectivity index (χ4v) is 1.97. The molecule has 0 saturated heterocycles. The number of nitrogens with two attached hydrogens (primary N) is 1. The van der Waals surface area contributed by atoms with Crippen molar-refractivity contribution in [3.63, 3.8) is 0 Å². The molecule has 0 aliphatic rings. The molecule has 0 bridgehead atoms. The summed E-state index contributed by atoms with van der Waals surface area (Å²) in [6, 6.07) is 16.9. The van der Waals surface area contributed by atoms with Crippen LogP contribution in [0.25, 0.3) is 11.1 Å². The molecule has 0 aromatic heterocycles. The first kappa shape index (κ1) is 10.9. The van der Waals surface area contributed by atoms with Gasteiger partial charge in [0.05, 0.1) is 0 Å². The Bertz CT molecular complexity index is 486. The van der Waals surface area contributed by atoms with E-state index in [-0.39, 0.29) is 6.04 Å². The predicted octanol–water partition coefficient (Wildman–Crippen LogP) is 3.68. The minimum atomic E-state index is 0.0664. The monoisotopic (exact) mass is 211 g/mol. The predicted molar refractivity (Wildman–Crippen MR) is 69.2 cm³/mol. The Balaban J connectivity index is 2.55. The first-order valence-corrected chi connectivity index (χ1v) is 5.60. The molecule has 2 rings (SSSR count). The largest absolute Gasteiger partial charge is 0.324 e. The standard InChI is InChI=1S/C15H17N/c1-11-6-5-7-13(10-11)15-9-4-3-8-14(15)12(2)16/h3-10,12H,16H2,1-2H3. The highest BCUT2D eigenvalue weighted by atomic mass is 14.6. The molecule has 1 unspecified atom stereocenters. The molecule has 1 nitrogen and oxygen atoms in total. The highest BCUT2D eigenvalue weighted by Crippen LogP contribution is 2.27. The van der Waals surface area contributed by atoms with Crippen molar-refractivity contribution >= 4 is 0 Å². The third kappa shape index (κ3) is 2.15. The van der Waals surface area contributed by atoms with E-state index in [1.165, 1.54) is 22.3 Å². The molecule has 2 aromatic rings. The lowest BCUT2D eigenvalue weighted by molar-refractivity contribution is 0.820. The van der Waals surface area contributed by atoms with Crippen LogP contribution in [0.1, 0.15) is 24.1 Å². The third-order valence-corrected chi connectivity index (χ3v) is 2.78. The zero-order valence-corrected chi connectivity index (χ0v) is 9.77. The van der Waals surface area contributed by atoms with Gasteiger partial charge in [-0.05, 0) is 30.5 Å². The molecule has 0 amide bonds. The van der Waals surface area contributed by atoms with E-state index < -0.39 is 0 Å². The summed E-state index contributed by atoms with van der Waals surface area (Å²) in [4.78, 5) is 0. The molecule has 16 heavy (non-hydrogen) atoms. The maximum absolute atomic E-state index is 5.99. The van der Waals surface area contributed by atoms with Gasteiger partial charge in [-0.3, -0.25) is 0 Å². The van der Waals surface area contributed by atoms with Gasteiger partial charge in [-0.2, -0.15) is 0 Å². The first-order chi connectivity index (χ1) is 7.68. The summed E-state index contributed by atoms with van der Waals surface area (Å²) < 4.78 is 0. The third-order valence-electron chi connectivity index (χ3n) is 2.78. The van der Waals surface area contributed by atoms with Gasteiger partial charge in [-0.15, -0.1) is 0 Å². The second-order valence-corrected chi connectivity index (χ2v) is 4.25. The molecule has 0 spiro atoms. The topological polar surface area (TPSA) is 26.0 Å². The molecule has 0 fully saturated rings. The van der Waals surface area contributed by atoms with Gasteiger partial charge in [0.15, 0.2) is 0 Å². The van der Waals surface area contributed by atoms with Gasteiger partial charge in [-0.25, -0.2) is 0 Å². The van der Waals surface area contributed by atoms with Crippen molar-refractivity contribution in [3.05, 3.63) is 59.7 Å². The van der Waals surface area contributed by atoms with Gasteiger partial charge in [0.25, 0.3) is 0 Å². The van der Waals surface area contributed by atoms with E-state index in [1.807, 2.05) is 13.0 Å². The van der Waals surface area contributed by atoms with E-state index in [2.05, 4.69) is 49.4 Å². The second-order valence-electron chi connectivity index (χ2n) is 4.25. The van der Waals surface area contributed by atoms with Crippen molar-refractivity contribution in [1.82, 2.24) is 0 Å². The number of aryl methyl sites for hydroxylation is 1. The van der Waals surface area contributed by atoms with Crippen LogP contribution in [-0.4, -0.2) is 0 Å². The molecule has 0 heterocycles. The smallest absolute Gasteiger partial charge is 0.0272 e.